The van der Waals surface area contributed by atoms with Gasteiger partial charge >= 0.3 is 0 Å². The number of piperazine rings is 1. The number of nitrogens with one attached hydrogen (secondary N) is 1. The lowest BCUT2D eigenvalue weighted by atomic mass is 9.85. The van der Waals surface area contributed by atoms with Gasteiger partial charge in [-0.25, -0.2) is 0 Å². The van der Waals surface area contributed by atoms with Gasteiger partial charge in [-0.15, -0.1) is 11.3 Å². The monoisotopic (exact) mass is 441 g/mol. The number of benzene rings is 2. The maximum Gasteiger partial charge on any atom is 0.246 e. The van der Waals surface area contributed by atoms with Crippen molar-refractivity contribution < 1.29 is 9.59 Å². The molecule has 6 heteroatoms. The van der Waals surface area contributed by atoms with Gasteiger partial charge in [0.15, 0.2) is 0 Å². The van der Waals surface area contributed by atoms with Crippen molar-refractivity contribution in [1.29, 1.82) is 0 Å². The smallest absolute Gasteiger partial charge is 0.246 e. The summed E-state index contributed by atoms with van der Waals surface area (Å²) in [7, 11) is 0. The van der Waals surface area contributed by atoms with Crippen molar-refractivity contribution in [3.63, 3.8) is 0 Å². The largest absolute Gasteiger partial charge is 0.356 e. The number of amides is 2. The molecule has 2 unspecified atom stereocenters. The van der Waals surface area contributed by atoms with Gasteiger partial charge < -0.3 is 14.8 Å². The molecule has 1 saturated heterocycles. The van der Waals surface area contributed by atoms with Gasteiger partial charge in [0.25, 0.3) is 0 Å². The molecule has 0 radical (unpaired) electrons. The highest BCUT2D eigenvalue weighted by Crippen LogP contribution is 2.43. The predicted molar refractivity (Wildman–Crippen MR) is 125 cm³/mol. The summed E-state index contributed by atoms with van der Waals surface area (Å²) in [5.41, 5.74) is 5.41. The average Bonchev–Trinajstić information content (AvgIpc) is 3.44. The van der Waals surface area contributed by atoms with Crippen LogP contribution >= 0.6 is 11.3 Å². The van der Waals surface area contributed by atoms with Crippen LogP contribution in [0, 0.1) is 6.92 Å². The number of carbonyl (C=O) groups excluding carboxylic acids is 2. The van der Waals surface area contributed by atoms with Crippen LogP contribution in [0.4, 0.5) is 0 Å². The Morgan fingerprint density at radius 3 is 2.66 bits per heavy atom. The maximum atomic E-state index is 13.7. The molecule has 2 aliphatic rings. The standard InChI is InChI=1S/C26H23N3O2S/c1-16-7-2-3-9-18(16)25-24-20(19-10-4-5-11-21(19)27-24)13-22-26(31)28(15-23(30)29(22)25)14-17-8-6-12-32-17/h2-12,22,25,27H,13-15H2,1H3. The van der Waals surface area contributed by atoms with Crippen molar-refractivity contribution in [2.45, 2.75) is 32.0 Å². The number of H-pyrrole nitrogens is 1. The van der Waals surface area contributed by atoms with E-state index in [0.29, 0.717) is 13.0 Å². The molecule has 160 valence electrons. The Hall–Kier alpha value is -3.38. The molecule has 1 fully saturated rings. The van der Waals surface area contributed by atoms with E-state index in [0.717, 1.165) is 38.2 Å². The molecular weight excluding hydrogens is 418 g/mol. The number of para-hydroxylation sites is 1. The molecule has 5 nitrogen and oxygen atoms in total. The molecule has 0 saturated carbocycles. The number of nitrogens with zero attached hydrogens (tertiary/aromatic N) is 2. The van der Waals surface area contributed by atoms with Crippen LogP contribution in [0.25, 0.3) is 10.9 Å². The van der Waals surface area contributed by atoms with Crippen LogP contribution in [0.1, 0.15) is 33.3 Å². The van der Waals surface area contributed by atoms with E-state index >= 15 is 0 Å². The van der Waals surface area contributed by atoms with Crippen LogP contribution in [0.2, 0.25) is 0 Å². The van der Waals surface area contributed by atoms with Crippen LogP contribution in [-0.4, -0.2) is 39.2 Å². The maximum absolute atomic E-state index is 13.7. The third-order valence-electron chi connectivity index (χ3n) is 6.75. The number of hydrogen-bond acceptors (Lipinski definition) is 3. The number of aromatic nitrogens is 1. The summed E-state index contributed by atoms with van der Waals surface area (Å²) in [6, 6.07) is 19.6. The van der Waals surface area contributed by atoms with Crippen molar-refractivity contribution in [2.24, 2.45) is 0 Å². The zero-order valence-corrected chi connectivity index (χ0v) is 18.6. The summed E-state index contributed by atoms with van der Waals surface area (Å²) < 4.78 is 0. The fourth-order valence-electron chi connectivity index (χ4n) is 5.27. The Balaban J connectivity index is 1.50. The number of thiophene rings is 1. The zero-order chi connectivity index (χ0) is 21.8. The van der Waals surface area contributed by atoms with Crippen LogP contribution in [-0.2, 0) is 22.6 Å². The van der Waals surface area contributed by atoms with E-state index in [9.17, 15) is 9.59 Å². The van der Waals surface area contributed by atoms with Gasteiger partial charge in [-0.3, -0.25) is 9.59 Å². The Labute approximate surface area is 190 Å². The van der Waals surface area contributed by atoms with Gasteiger partial charge in [-0.1, -0.05) is 48.5 Å². The molecule has 2 amide bonds. The molecule has 32 heavy (non-hydrogen) atoms. The molecule has 2 atom stereocenters. The van der Waals surface area contributed by atoms with E-state index in [-0.39, 0.29) is 24.4 Å². The van der Waals surface area contributed by atoms with Gasteiger partial charge in [0.05, 0.1) is 12.6 Å². The van der Waals surface area contributed by atoms with Crippen LogP contribution < -0.4 is 0 Å². The van der Waals surface area contributed by atoms with E-state index in [4.69, 9.17) is 0 Å². The minimum absolute atomic E-state index is 0.00344. The van der Waals surface area contributed by atoms with Crippen molar-refractivity contribution in [1.82, 2.24) is 14.8 Å². The molecule has 1 N–H and O–H groups in total. The lowest BCUT2D eigenvalue weighted by molar-refractivity contribution is -0.159. The minimum Gasteiger partial charge on any atom is -0.356 e. The fourth-order valence-corrected chi connectivity index (χ4v) is 5.99. The molecule has 0 aliphatic carbocycles. The molecule has 2 aliphatic heterocycles. The number of rotatable bonds is 3. The first-order valence-electron chi connectivity index (χ1n) is 10.9. The molecule has 6 rings (SSSR count). The average molecular weight is 442 g/mol. The summed E-state index contributed by atoms with van der Waals surface area (Å²) in [4.78, 5) is 35.5. The topological polar surface area (TPSA) is 56.4 Å². The Morgan fingerprint density at radius 2 is 1.84 bits per heavy atom. The van der Waals surface area contributed by atoms with Crippen molar-refractivity contribution >= 4 is 34.1 Å². The first kappa shape index (κ1) is 19.3. The van der Waals surface area contributed by atoms with Gasteiger partial charge in [0.2, 0.25) is 11.8 Å². The van der Waals surface area contributed by atoms with Gasteiger partial charge in [-0.2, -0.15) is 0 Å². The number of aromatic amines is 1. The van der Waals surface area contributed by atoms with Crippen molar-refractivity contribution in [3.05, 3.63) is 93.3 Å². The van der Waals surface area contributed by atoms with Crippen LogP contribution in [0.5, 0.6) is 0 Å². The van der Waals surface area contributed by atoms with E-state index in [1.54, 1.807) is 16.2 Å². The van der Waals surface area contributed by atoms with Crippen LogP contribution in [0.3, 0.4) is 0 Å². The molecule has 0 spiro atoms. The van der Waals surface area contributed by atoms with Crippen molar-refractivity contribution in [3.8, 4) is 0 Å². The second kappa shape index (κ2) is 7.35. The number of fused-ring (bicyclic) bond motifs is 4. The zero-order valence-electron chi connectivity index (χ0n) is 17.7. The third kappa shape index (κ3) is 2.90. The number of hydrogen-bond donors (Lipinski definition) is 1. The van der Waals surface area contributed by atoms with Crippen LogP contribution in [0.15, 0.2) is 66.0 Å². The number of carbonyl (C=O) groups is 2. The Morgan fingerprint density at radius 1 is 1.03 bits per heavy atom. The summed E-state index contributed by atoms with van der Waals surface area (Å²) >= 11 is 1.62. The van der Waals surface area contributed by atoms with Gasteiger partial charge in [-0.05, 0) is 41.1 Å². The number of aryl methyl sites for hydroxylation is 1. The SMILES string of the molecule is Cc1ccccc1C1c2[nH]c3ccccc3c2CC2C(=O)N(Cc3cccs3)CC(=O)N21. The summed E-state index contributed by atoms with van der Waals surface area (Å²) in [5.74, 6) is 0.0382. The van der Waals surface area contributed by atoms with E-state index < -0.39 is 6.04 Å². The highest BCUT2D eigenvalue weighted by Gasteiger charge is 2.48. The molecule has 2 aromatic carbocycles. The lowest BCUT2D eigenvalue weighted by Gasteiger charge is -2.47. The summed E-state index contributed by atoms with van der Waals surface area (Å²) in [6.45, 7) is 2.67. The second-order valence-corrected chi connectivity index (χ2v) is 9.65. The highest BCUT2D eigenvalue weighted by atomic mass is 32.1. The summed E-state index contributed by atoms with van der Waals surface area (Å²) in [6.07, 6.45) is 0.535. The fraction of sp³-hybridized carbons (Fsp3) is 0.231. The Bertz CT molecular complexity index is 1340. The van der Waals surface area contributed by atoms with E-state index in [1.807, 2.05) is 46.7 Å². The first-order chi connectivity index (χ1) is 15.6. The third-order valence-corrected chi connectivity index (χ3v) is 7.61. The summed E-state index contributed by atoms with van der Waals surface area (Å²) in [5, 5.41) is 3.14. The van der Waals surface area contributed by atoms with E-state index in [2.05, 4.69) is 36.2 Å². The molecule has 4 aromatic rings. The molecule has 0 bridgehead atoms. The van der Waals surface area contributed by atoms with Gasteiger partial charge in [0.1, 0.15) is 12.6 Å². The van der Waals surface area contributed by atoms with E-state index in [1.165, 1.54) is 0 Å². The molecule has 4 heterocycles. The predicted octanol–water partition coefficient (Wildman–Crippen LogP) is 4.42. The highest BCUT2D eigenvalue weighted by molar-refractivity contribution is 7.09. The normalized spacial score (nSPS) is 20.5. The lowest BCUT2D eigenvalue weighted by Crippen LogP contribution is -2.62. The quantitative estimate of drug-likeness (QED) is 0.512. The van der Waals surface area contributed by atoms with Gasteiger partial charge in [0, 0.05) is 27.9 Å². The Kier molecular flexibility index (Phi) is 4.43. The molecular formula is C26H23N3O2S. The van der Waals surface area contributed by atoms with Crippen molar-refractivity contribution in [2.75, 3.05) is 6.54 Å². The minimum atomic E-state index is -0.493. The first-order valence-corrected chi connectivity index (χ1v) is 11.8. The second-order valence-electron chi connectivity index (χ2n) is 8.62. The molecule has 2 aromatic heterocycles.